The van der Waals surface area contributed by atoms with E-state index >= 15 is 0 Å². The Balaban J connectivity index is 2.47. The highest BCUT2D eigenvalue weighted by atomic mass is 79.9. The Morgan fingerprint density at radius 2 is 2.33 bits per heavy atom. The predicted octanol–water partition coefficient (Wildman–Crippen LogP) is 2.33. The first-order valence-electron chi connectivity index (χ1n) is 4.84. The van der Waals surface area contributed by atoms with E-state index in [1.165, 1.54) is 0 Å². The molecule has 0 saturated heterocycles. The van der Waals surface area contributed by atoms with Gasteiger partial charge in [-0.15, -0.1) is 0 Å². The minimum Gasteiger partial charge on any atom is -0.369 e. The van der Waals surface area contributed by atoms with Crippen LogP contribution in [0, 0.1) is 6.92 Å². The van der Waals surface area contributed by atoms with Gasteiger partial charge in [0.25, 0.3) is 0 Å². The third-order valence-electron chi connectivity index (χ3n) is 1.99. The molecule has 5 heteroatoms. The summed E-state index contributed by atoms with van der Waals surface area (Å²) in [6.45, 7) is 4.63. The van der Waals surface area contributed by atoms with Crippen molar-refractivity contribution < 1.29 is 4.21 Å². The molecule has 3 nitrogen and oxygen atoms in total. The molecule has 0 aliphatic carbocycles. The summed E-state index contributed by atoms with van der Waals surface area (Å²) in [5.74, 6) is 2.26. The first-order chi connectivity index (χ1) is 7.13. The van der Waals surface area contributed by atoms with Gasteiger partial charge in [0.15, 0.2) is 0 Å². The van der Waals surface area contributed by atoms with Crippen molar-refractivity contribution in [3.05, 3.63) is 22.3 Å². The summed E-state index contributed by atoms with van der Waals surface area (Å²) in [7, 11) is -0.711. The molecule has 1 aromatic heterocycles. The molecule has 0 fully saturated rings. The highest BCUT2D eigenvalue weighted by molar-refractivity contribution is 9.10. The Hall–Kier alpha value is -0.420. The van der Waals surface area contributed by atoms with E-state index in [0.29, 0.717) is 18.1 Å². The molecule has 0 spiro atoms. The van der Waals surface area contributed by atoms with Crippen molar-refractivity contribution in [2.24, 2.45) is 0 Å². The smallest absolute Gasteiger partial charge is 0.128 e. The molecular weight excluding hydrogens is 276 g/mol. The molecule has 1 atom stereocenters. The normalized spacial score (nSPS) is 12.5. The van der Waals surface area contributed by atoms with Crippen LogP contribution in [0.25, 0.3) is 0 Å². The molecule has 0 aliphatic rings. The molecule has 0 radical (unpaired) electrons. The van der Waals surface area contributed by atoms with Crippen LogP contribution in [-0.2, 0) is 10.8 Å². The number of aromatic nitrogens is 1. The number of rotatable bonds is 5. The van der Waals surface area contributed by atoms with Gasteiger partial charge in [-0.25, -0.2) is 4.98 Å². The zero-order chi connectivity index (χ0) is 11.3. The molecule has 1 N–H and O–H groups in total. The maximum absolute atomic E-state index is 11.2. The van der Waals surface area contributed by atoms with Gasteiger partial charge in [0.2, 0.25) is 0 Å². The van der Waals surface area contributed by atoms with Gasteiger partial charge >= 0.3 is 0 Å². The van der Waals surface area contributed by atoms with Crippen LogP contribution in [-0.4, -0.2) is 27.2 Å². The van der Waals surface area contributed by atoms with Gasteiger partial charge in [-0.3, -0.25) is 4.21 Å². The second-order valence-corrected chi connectivity index (χ2v) is 5.96. The average Bonchev–Trinajstić information content (AvgIpc) is 2.21. The first-order valence-corrected chi connectivity index (χ1v) is 7.12. The van der Waals surface area contributed by atoms with Crippen molar-refractivity contribution in [2.45, 2.75) is 13.8 Å². The fourth-order valence-electron chi connectivity index (χ4n) is 1.15. The van der Waals surface area contributed by atoms with E-state index < -0.39 is 10.8 Å². The van der Waals surface area contributed by atoms with Crippen LogP contribution in [0.4, 0.5) is 5.82 Å². The monoisotopic (exact) mass is 290 g/mol. The first kappa shape index (κ1) is 12.6. The summed E-state index contributed by atoms with van der Waals surface area (Å²) in [5, 5.41) is 3.18. The highest BCUT2D eigenvalue weighted by Crippen LogP contribution is 2.16. The quantitative estimate of drug-likeness (QED) is 0.905. The summed E-state index contributed by atoms with van der Waals surface area (Å²) >= 11 is 3.36. The van der Waals surface area contributed by atoms with Gasteiger partial charge in [-0.1, -0.05) is 6.92 Å². The Kier molecular flexibility index (Phi) is 5.25. The molecule has 0 aliphatic heterocycles. The number of anilines is 1. The molecule has 84 valence electrons. The minimum absolute atomic E-state index is 0.674. The van der Waals surface area contributed by atoms with Crippen molar-refractivity contribution in [1.82, 2.24) is 4.98 Å². The van der Waals surface area contributed by atoms with Crippen LogP contribution in [0.2, 0.25) is 0 Å². The molecule has 0 aromatic carbocycles. The SMILES string of the molecule is CCS(=O)CCNc1ncc(Br)cc1C. The van der Waals surface area contributed by atoms with E-state index in [1.807, 2.05) is 19.9 Å². The minimum atomic E-state index is -0.711. The Labute approximate surface area is 101 Å². The van der Waals surface area contributed by atoms with E-state index in [-0.39, 0.29) is 0 Å². The van der Waals surface area contributed by atoms with Gasteiger partial charge in [0.1, 0.15) is 5.82 Å². The number of nitrogens with zero attached hydrogens (tertiary/aromatic N) is 1. The summed E-state index contributed by atoms with van der Waals surface area (Å²) < 4.78 is 12.2. The van der Waals surface area contributed by atoms with Crippen molar-refractivity contribution in [2.75, 3.05) is 23.4 Å². The second-order valence-electron chi connectivity index (χ2n) is 3.18. The Bertz CT molecular complexity index is 357. The van der Waals surface area contributed by atoms with Gasteiger partial charge in [-0.05, 0) is 34.5 Å². The van der Waals surface area contributed by atoms with E-state index in [1.54, 1.807) is 6.20 Å². The lowest BCUT2D eigenvalue weighted by atomic mass is 10.3. The number of pyridine rings is 1. The maximum atomic E-state index is 11.2. The molecule has 1 aromatic rings. The summed E-state index contributed by atoms with van der Waals surface area (Å²) in [4.78, 5) is 4.24. The van der Waals surface area contributed by atoms with Crippen molar-refractivity contribution in [3.8, 4) is 0 Å². The van der Waals surface area contributed by atoms with Crippen LogP contribution >= 0.6 is 15.9 Å². The average molecular weight is 291 g/mol. The number of nitrogens with one attached hydrogen (secondary N) is 1. The Morgan fingerprint density at radius 1 is 1.60 bits per heavy atom. The number of hydrogen-bond acceptors (Lipinski definition) is 3. The highest BCUT2D eigenvalue weighted by Gasteiger charge is 2.01. The van der Waals surface area contributed by atoms with Crippen LogP contribution < -0.4 is 5.32 Å². The van der Waals surface area contributed by atoms with E-state index in [0.717, 1.165) is 15.9 Å². The zero-order valence-corrected chi connectivity index (χ0v) is 11.3. The molecular formula is C10H15BrN2OS. The molecule has 15 heavy (non-hydrogen) atoms. The summed E-state index contributed by atoms with van der Waals surface area (Å²) in [6.07, 6.45) is 1.76. The Morgan fingerprint density at radius 3 is 2.93 bits per heavy atom. The molecule has 0 saturated carbocycles. The molecule has 1 unspecified atom stereocenters. The fraction of sp³-hybridized carbons (Fsp3) is 0.500. The molecule has 1 heterocycles. The molecule has 0 amide bonds. The third-order valence-corrected chi connectivity index (χ3v) is 3.73. The predicted molar refractivity (Wildman–Crippen MR) is 68.7 cm³/mol. The van der Waals surface area contributed by atoms with Crippen molar-refractivity contribution >= 4 is 32.5 Å². The lowest BCUT2D eigenvalue weighted by Gasteiger charge is -2.07. The lowest BCUT2D eigenvalue weighted by Crippen LogP contribution is -2.13. The van der Waals surface area contributed by atoms with Gasteiger partial charge in [0, 0.05) is 39.5 Å². The maximum Gasteiger partial charge on any atom is 0.128 e. The number of halogens is 1. The van der Waals surface area contributed by atoms with Crippen LogP contribution in [0.1, 0.15) is 12.5 Å². The van der Waals surface area contributed by atoms with Crippen LogP contribution in [0.5, 0.6) is 0 Å². The van der Waals surface area contributed by atoms with Crippen LogP contribution in [0.15, 0.2) is 16.7 Å². The molecule has 1 rings (SSSR count). The fourth-order valence-corrected chi connectivity index (χ4v) is 2.22. The van der Waals surface area contributed by atoms with Crippen molar-refractivity contribution in [3.63, 3.8) is 0 Å². The van der Waals surface area contributed by atoms with Gasteiger partial charge in [-0.2, -0.15) is 0 Å². The standard InChI is InChI=1S/C10H15BrN2OS/c1-3-15(14)5-4-12-10-8(2)6-9(11)7-13-10/h6-7H,3-5H2,1-2H3,(H,12,13). The number of aryl methyl sites for hydroxylation is 1. The summed E-state index contributed by atoms with van der Waals surface area (Å²) in [6, 6.07) is 2.01. The largest absolute Gasteiger partial charge is 0.369 e. The second kappa shape index (κ2) is 6.23. The third kappa shape index (κ3) is 4.30. The van der Waals surface area contributed by atoms with E-state index in [9.17, 15) is 4.21 Å². The number of hydrogen-bond donors (Lipinski definition) is 1. The van der Waals surface area contributed by atoms with Crippen molar-refractivity contribution in [1.29, 1.82) is 0 Å². The summed E-state index contributed by atoms with van der Waals surface area (Å²) in [5.41, 5.74) is 1.09. The lowest BCUT2D eigenvalue weighted by molar-refractivity contribution is 0.684. The zero-order valence-electron chi connectivity index (χ0n) is 8.92. The van der Waals surface area contributed by atoms with E-state index in [4.69, 9.17) is 0 Å². The van der Waals surface area contributed by atoms with Crippen LogP contribution in [0.3, 0.4) is 0 Å². The van der Waals surface area contributed by atoms with E-state index in [2.05, 4.69) is 26.2 Å². The van der Waals surface area contributed by atoms with Gasteiger partial charge in [0.05, 0.1) is 0 Å². The topological polar surface area (TPSA) is 42.0 Å². The molecule has 0 bridgehead atoms. The van der Waals surface area contributed by atoms with Gasteiger partial charge < -0.3 is 5.32 Å².